The van der Waals surface area contributed by atoms with Crippen LogP contribution in [0.25, 0.3) is 0 Å². The molecule has 3 nitrogen and oxygen atoms in total. The summed E-state index contributed by atoms with van der Waals surface area (Å²) in [6, 6.07) is 7.66. The van der Waals surface area contributed by atoms with E-state index in [4.69, 9.17) is 10.5 Å². The van der Waals surface area contributed by atoms with Crippen molar-refractivity contribution in [2.24, 2.45) is 5.73 Å². The number of methoxy groups -OCH3 is 1. The highest BCUT2D eigenvalue weighted by atomic mass is 16.5. The number of amides is 1. The molecule has 0 aliphatic heterocycles. The Morgan fingerprint density at radius 1 is 1.43 bits per heavy atom. The van der Waals surface area contributed by atoms with Gasteiger partial charge in [-0.3, -0.25) is 4.79 Å². The van der Waals surface area contributed by atoms with E-state index in [-0.39, 0.29) is 5.91 Å². The standard InChI is InChI=1S/C11H14NO2/c1-14-10-7-5-9(6-8-10)3-2-4-11(12)13/h3,5-8H,2,4H2,1H3,(H2,12,13). The number of primary amides is 1. The highest BCUT2D eigenvalue weighted by Crippen LogP contribution is 2.14. The van der Waals surface area contributed by atoms with E-state index in [1.807, 2.05) is 30.7 Å². The zero-order chi connectivity index (χ0) is 10.4. The summed E-state index contributed by atoms with van der Waals surface area (Å²) < 4.78 is 5.02. The maximum absolute atomic E-state index is 10.5. The summed E-state index contributed by atoms with van der Waals surface area (Å²) in [5.41, 5.74) is 6.10. The fourth-order valence-electron chi connectivity index (χ4n) is 1.12. The normalized spacial score (nSPS) is 9.79. The molecule has 0 saturated carbocycles. The van der Waals surface area contributed by atoms with Gasteiger partial charge in [-0.2, -0.15) is 0 Å². The average molecular weight is 192 g/mol. The molecule has 0 atom stereocenters. The molecule has 75 valence electrons. The number of hydrogen-bond acceptors (Lipinski definition) is 2. The van der Waals surface area contributed by atoms with E-state index >= 15 is 0 Å². The van der Waals surface area contributed by atoms with Gasteiger partial charge in [0.2, 0.25) is 5.91 Å². The van der Waals surface area contributed by atoms with E-state index < -0.39 is 0 Å². The third-order valence-electron chi connectivity index (χ3n) is 1.89. The summed E-state index contributed by atoms with van der Waals surface area (Å²) in [6.45, 7) is 0. The van der Waals surface area contributed by atoms with Crippen molar-refractivity contribution in [1.29, 1.82) is 0 Å². The van der Waals surface area contributed by atoms with E-state index in [1.165, 1.54) is 0 Å². The molecule has 1 aromatic carbocycles. The Kier molecular flexibility index (Phi) is 3.98. The van der Waals surface area contributed by atoms with Crippen molar-refractivity contribution < 1.29 is 9.53 Å². The highest BCUT2D eigenvalue weighted by Gasteiger charge is 1.97. The fraction of sp³-hybridized carbons (Fsp3) is 0.273. The van der Waals surface area contributed by atoms with Crippen LogP contribution in [0.2, 0.25) is 0 Å². The van der Waals surface area contributed by atoms with Crippen LogP contribution >= 0.6 is 0 Å². The molecule has 0 aliphatic carbocycles. The van der Waals surface area contributed by atoms with Crippen LogP contribution in [0.3, 0.4) is 0 Å². The lowest BCUT2D eigenvalue weighted by Gasteiger charge is -2.01. The van der Waals surface area contributed by atoms with Gasteiger partial charge in [-0.15, -0.1) is 0 Å². The van der Waals surface area contributed by atoms with E-state index in [1.54, 1.807) is 7.11 Å². The van der Waals surface area contributed by atoms with Gasteiger partial charge < -0.3 is 10.5 Å². The Hall–Kier alpha value is -1.51. The predicted octanol–water partition coefficient (Wildman–Crippen LogP) is 1.51. The summed E-state index contributed by atoms with van der Waals surface area (Å²) in [5, 5.41) is 0. The van der Waals surface area contributed by atoms with Crippen LogP contribution in [-0.4, -0.2) is 13.0 Å². The van der Waals surface area contributed by atoms with Crippen molar-refractivity contribution in [3.05, 3.63) is 36.2 Å². The first-order chi connectivity index (χ1) is 6.72. The van der Waals surface area contributed by atoms with E-state index in [2.05, 4.69) is 0 Å². The quantitative estimate of drug-likeness (QED) is 0.768. The molecule has 0 bridgehead atoms. The van der Waals surface area contributed by atoms with Gasteiger partial charge in [0, 0.05) is 6.42 Å². The maximum Gasteiger partial charge on any atom is 0.217 e. The molecule has 0 aliphatic rings. The number of carbonyl (C=O) groups is 1. The minimum absolute atomic E-state index is 0.269. The summed E-state index contributed by atoms with van der Waals surface area (Å²) in [4.78, 5) is 10.5. The summed E-state index contributed by atoms with van der Waals surface area (Å²) in [5.74, 6) is 0.562. The van der Waals surface area contributed by atoms with Crippen LogP contribution in [-0.2, 0) is 4.79 Å². The number of ether oxygens (including phenoxy) is 1. The molecule has 1 aromatic rings. The minimum atomic E-state index is -0.269. The molecule has 0 fully saturated rings. The van der Waals surface area contributed by atoms with Gasteiger partial charge in [0.1, 0.15) is 5.75 Å². The predicted molar refractivity (Wildman–Crippen MR) is 54.8 cm³/mol. The molecular formula is C11H14NO2. The van der Waals surface area contributed by atoms with Crippen molar-refractivity contribution in [2.45, 2.75) is 12.8 Å². The first-order valence-electron chi connectivity index (χ1n) is 4.48. The van der Waals surface area contributed by atoms with Gasteiger partial charge in [0.25, 0.3) is 0 Å². The van der Waals surface area contributed by atoms with Crippen LogP contribution in [0.15, 0.2) is 24.3 Å². The molecule has 14 heavy (non-hydrogen) atoms. The maximum atomic E-state index is 10.5. The summed E-state index contributed by atoms with van der Waals surface area (Å²) in [6.07, 6.45) is 3.05. The molecule has 1 radical (unpaired) electrons. The fourth-order valence-corrected chi connectivity index (χ4v) is 1.12. The Morgan fingerprint density at radius 2 is 2.07 bits per heavy atom. The zero-order valence-corrected chi connectivity index (χ0v) is 8.19. The first kappa shape index (κ1) is 10.6. The number of hydrogen-bond donors (Lipinski definition) is 1. The average Bonchev–Trinajstić information content (AvgIpc) is 2.18. The molecule has 0 aromatic heterocycles. The monoisotopic (exact) mass is 192 g/mol. The van der Waals surface area contributed by atoms with Crippen molar-refractivity contribution >= 4 is 5.91 Å². The van der Waals surface area contributed by atoms with Crippen molar-refractivity contribution in [1.82, 2.24) is 0 Å². The third-order valence-corrected chi connectivity index (χ3v) is 1.89. The topological polar surface area (TPSA) is 52.3 Å². The smallest absolute Gasteiger partial charge is 0.217 e. The molecule has 1 amide bonds. The minimum Gasteiger partial charge on any atom is -0.497 e. The number of benzene rings is 1. The van der Waals surface area contributed by atoms with Crippen LogP contribution < -0.4 is 10.5 Å². The molecule has 0 heterocycles. The Labute approximate surface area is 83.9 Å². The van der Waals surface area contributed by atoms with Gasteiger partial charge in [0.05, 0.1) is 7.11 Å². The van der Waals surface area contributed by atoms with E-state index in [0.717, 1.165) is 11.3 Å². The Morgan fingerprint density at radius 3 is 2.57 bits per heavy atom. The number of carbonyl (C=O) groups excluding carboxylic acids is 1. The van der Waals surface area contributed by atoms with Crippen molar-refractivity contribution in [3.8, 4) is 5.75 Å². The van der Waals surface area contributed by atoms with Gasteiger partial charge in [-0.05, 0) is 30.5 Å². The van der Waals surface area contributed by atoms with Gasteiger partial charge >= 0.3 is 0 Å². The molecule has 1 rings (SSSR count). The lowest BCUT2D eigenvalue weighted by molar-refractivity contribution is -0.117. The third kappa shape index (κ3) is 3.47. The second kappa shape index (κ2) is 5.27. The second-order valence-corrected chi connectivity index (χ2v) is 2.98. The van der Waals surface area contributed by atoms with Crippen molar-refractivity contribution in [3.63, 3.8) is 0 Å². The van der Waals surface area contributed by atoms with Crippen LogP contribution in [0.5, 0.6) is 5.75 Å². The largest absolute Gasteiger partial charge is 0.497 e. The zero-order valence-electron chi connectivity index (χ0n) is 8.19. The second-order valence-electron chi connectivity index (χ2n) is 2.98. The molecule has 0 unspecified atom stereocenters. The van der Waals surface area contributed by atoms with E-state index in [0.29, 0.717) is 12.8 Å². The first-order valence-corrected chi connectivity index (χ1v) is 4.48. The molecule has 0 spiro atoms. The number of rotatable bonds is 5. The summed E-state index contributed by atoms with van der Waals surface area (Å²) in [7, 11) is 1.63. The van der Waals surface area contributed by atoms with Crippen LogP contribution in [0, 0.1) is 6.42 Å². The van der Waals surface area contributed by atoms with Crippen LogP contribution in [0.4, 0.5) is 0 Å². The lowest BCUT2D eigenvalue weighted by Crippen LogP contribution is -2.09. The highest BCUT2D eigenvalue weighted by molar-refractivity contribution is 5.73. The molecule has 0 saturated heterocycles. The van der Waals surface area contributed by atoms with Gasteiger partial charge in [-0.1, -0.05) is 12.1 Å². The van der Waals surface area contributed by atoms with Crippen molar-refractivity contribution in [2.75, 3.05) is 7.11 Å². The van der Waals surface area contributed by atoms with E-state index in [9.17, 15) is 4.79 Å². The Bertz CT molecular complexity index is 293. The Balaban J connectivity index is 2.40. The lowest BCUT2D eigenvalue weighted by atomic mass is 10.1. The molecular weight excluding hydrogens is 178 g/mol. The van der Waals surface area contributed by atoms with Gasteiger partial charge in [0.15, 0.2) is 0 Å². The number of nitrogens with two attached hydrogens (primary N) is 1. The van der Waals surface area contributed by atoms with Gasteiger partial charge in [-0.25, -0.2) is 0 Å². The SMILES string of the molecule is COc1ccc([CH]CCC(N)=O)cc1. The molecule has 3 heteroatoms. The molecule has 2 N–H and O–H groups in total. The summed E-state index contributed by atoms with van der Waals surface area (Å²) >= 11 is 0. The van der Waals surface area contributed by atoms with Crippen LogP contribution in [0.1, 0.15) is 18.4 Å².